The van der Waals surface area contributed by atoms with Crippen LogP contribution in [0.2, 0.25) is 0 Å². The Hall–Kier alpha value is -1.45. The third kappa shape index (κ3) is 2.32. The number of carbonyl (C=O) groups is 1. The number of hydrogen-bond acceptors (Lipinski definition) is 5. The molecule has 1 aliphatic rings. The van der Waals surface area contributed by atoms with Crippen LogP contribution < -0.4 is 0 Å². The smallest absolute Gasteiger partial charge is 0.357 e. The molecule has 20 heavy (non-hydrogen) atoms. The van der Waals surface area contributed by atoms with Crippen molar-refractivity contribution >= 4 is 16.0 Å². The van der Waals surface area contributed by atoms with Crippen LogP contribution in [0.25, 0.3) is 0 Å². The van der Waals surface area contributed by atoms with E-state index >= 15 is 0 Å². The molecule has 8 nitrogen and oxygen atoms in total. The van der Waals surface area contributed by atoms with Gasteiger partial charge in [0.05, 0.1) is 17.8 Å². The van der Waals surface area contributed by atoms with Crippen molar-refractivity contribution in [3.8, 4) is 0 Å². The maximum Gasteiger partial charge on any atom is 0.357 e. The van der Waals surface area contributed by atoms with E-state index in [1.165, 1.54) is 18.3 Å². The Morgan fingerprint density at radius 2 is 2.20 bits per heavy atom. The molecule has 2 rings (SSSR count). The Balaban J connectivity index is 2.45. The van der Waals surface area contributed by atoms with Gasteiger partial charge in [-0.2, -0.15) is 9.40 Å². The molecule has 9 heteroatoms. The lowest BCUT2D eigenvalue weighted by Crippen LogP contribution is -2.41. The fraction of sp³-hybridized carbons (Fsp3) is 0.636. The second-order valence-electron chi connectivity index (χ2n) is 4.78. The minimum atomic E-state index is -3.94. The van der Waals surface area contributed by atoms with Crippen LogP contribution in [0.1, 0.15) is 29.5 Å². The van der Waals surface area contributed by atoms with E-state index in [4.69, 9.17) is 9.84 Å². The number of aryl methyl sites for hydroxylation is 1. The fourth-order valence-corrected chi connectivity index (χ4v) is 4.13. The zero-order chi connectivity index (χ0) is 15.1. The molecule has 1 aliphatic heterocycles. The van der Waals surface area contributed by atoms with Crippen molar-refractivity contribution in [2.75, 3.05) is 13.7 Å². The zero-order valence-electron chi connectivity index (χ0n) is 11.5. The first-order valence-electron chi connectivity index (χ1n) is 6.14. The van der Waals surface area contributed by atoms with Crippen molar-refractivity contribution in [1.82, 2.24) is 14.5 Å². The quantitative estimate of drug-likeness (QED) is 0.822. The standard InChI is InChI=1S/C11H17N3O5S/c1-6-10(9(11(15)16)13-12-6)20(17,18)14(3)8-4-5-19-7(8)2/h7-8H,4-5H2,1-3H3,(H,12,13)(H,15,16). The lowest BCUT2D eigenvalue weighted by atomic mass is 10.2. The second kappa shape index (κ2) is 5.15. The second-order valence-corrected chi connectivity index (χ2v) is 6.72. The summed E-state index contributed by atoms with van der Waals surface area (Å²) in [7, 11) is -2.51. The van der Waals surface area contributed by atoms with E-state index in [1.807, 2.05) is 0 Å². The third-order valence-corrected chi connectivity index (χ3v) is 5.58. The number of ether oxygens (including phenoxy) is 1. The number of aromatic carboxylic acids is 1. The first-order valence-corrected chi connectivity index (χ1v) is 7.58. The van der Waals surface area contributed by atoms with E-state index in [2.05, 4.69) is 10.2 Å². The number of likely N-dealkylation sites (N-methyl/N-ethyl adjacent to an activating group) is 1. The Labute approximate surface area is 116 Å². The van der Waals surface area contributed by atoms with E-state index < -0.39 is 21.7 Å². The number of carboxylic acids is 1. The van der Waals surface area contributed by atoms with Gasteiger partial charge in [-0.1, -0.05) is 0 Å². The maximum absolute atomic E-state index is 12.6. The van der Waals surface area contributed by atoms with Crippen molar-refractivity contribution in [2.24, 2.45) is 0 Å². The molecule has 2 atom stereocenters. The Bertz CT molecular complexity index is 624. The number of H-pyrrole nitrogens is 1. The van der Waals surface area contributed by atoms with Crippen LogP contribution in [0.4, 0.5) is 0 Å². The molecule has 1 fully saturated rings. The van der Waals surface area contributed by atoms with Crippen molar-refractivity contribution in [1.29, 1.82) is 0 Å². The van der Waals surface area contributed by atoms with Gasteiger partial charge in [-0.3, -0.25) is 5.10 Å². The van der Waals surface area contributed by atoms with Crippen molar-refractivity contribution in [3.63, 3.8) is 0 Å². The molecule has 112 valence electrons. The number of hydrogen-bond donors (Lipinski definition) is 2. The van der Waals surface area contributed by atoms with Gasteiger partial charge < -0.3 is 9.84 Å². The molecule has 2 N–H and O–H groups in total. The summed E-state index contributed by atoms with van der Waals surface area (Å²) < 4.78 is 31.8. The summed E-state index contributed by atoms with van der Waals surface area (Å²) in [4.78, 5) is 10.8. The number of nitrogens with one attached hydrogen (secondary N) is 1. The first kappa shape index (κ1) is 14.9. The van der Waals surface area contributed by atoms with E-state index in [0.717, 1.165) is 0 Å². The highest BCUT2D eigenvalue weighted by Gasteiger charge is 2.39. The largest absolute Gasteiger partial charge is 0.476 e. The van der Waals surface area contributed by atoms with Gasteiger partial charge in [0.1, 0.15) is 4.90 Å². The molecule has 0 saturated carbocycles. The fourth-order valence-electron chi connectivity index (χ4n) is 2.40. The summed E-state index contributed by atoms with van der Waals surface area (Å²) in [5.41, 5.74) is -0.276. The molecule has 0 aromatic carbocycles. The van der Waals surface area contributed by atoms with E-state index in [9.17, 15) is 13.2 Å². The Morgan fingerprint density at radius 1 is 1.55 bits per heavy atom. The lowest BCUT2D eigenvalue weighted by Gasteiger charge is -2.25. The van der Waals surface area contributed by atoms with E-state index in [-0.39, 0.29) is 22.7 Å². The molecular weight excluding hydrogens is 286 g/mol. The number of aromatic amines is 1. The SMILES string of the molecule is Cc1[nH]nc(C(=O)O)c1S(=O)(=O)N(C)C1CCOC1C. The Morgan fingerprint density at radius 3 is 2.70 bits per heavy atom. The molecule has 1 aromatic heterocycles. The molecule has 1 aromatic rings. The van der Waals surface area contributed by atoms with Gasteiger partial charge >= 0.3 is 5.97 Å². The number of nitrogens with zero attached hydrogens (tertiary/aromatic N) is 2. The van der Waals surface area contributed by atoms with Crippen LogP contribution in [0.15, 0.2) is 4.90 Å². The number of aromatic nitrogens is 2. The van der Waals surface area contributed by atoms with Crippen molar-refractivity contribution in [3.05, 3.63) is 11.4 Å². The summed E-state index contributed by atoms with van der Waals surface area (Å²) >= 11 is 0. The van der Waals surface area contributed by atoms with Gasteiger partial charge in [0.25, 0.3) is 0 Å². The molecule has 2 heterocycles. The number of sulfonamides is 1. The zero-order valence-corrected chi connectivity index (χ0v) is 12.3. The molecule has 0 bridgehead atoms. The van der Waals surface area contributed by atoms with Crippen LogP contribution in [-0.2, 0) is 14.8 Å². The average molecular weight is 303 g/mol. The highest BCUT2D eigenvalue weighted by atomic mass is 32.2. The molecule has 2 unspecified atom stereocenters. The minimum absolute atomic E-state index is 0.209. The normalized spacial score (nSPS) is 23.4. The predicted octanol–water partition coefficient (Wildman–Crippen LogP) is 0.214. The maximum atomic E-state index is 12.6. The predicted molar refractivity (Wildman–Crippen MR) is 69.1 cm³/mol. The molecule has 0 spiro atoms. The van der Waals surface area contributed by atoms with Crippen LogP contribution >= 0.6 is 0 Å². The summed E-state index contributed by atoms with van der Waals surface area (Å²) in [6, 6.07) is -0.309. The van der Waals surface area contributed by atoms with E-state index in [1.54, 1.807) is 6.92 Å². The van der Waals surface area contributed by atoms with Gasteiger partial charge in [-0.05, 0) is 20.3 Å². The summed E-state index contributed by atoms with van der Waals surface area (Å²) in [5, 5.41) is 15.0. The van der Waals surface area contributed by atoms with Gasteiger partial charge in [0.15, 0.2) is 5.69 Å². The molecular formula is C11H17N3O5S. The summed E-state index contributed by atoms with van der Waals surface area (Å²) in [5.74, 6) is -1.38. The van der Waals surface area contributed by atoms with Gasteiger partial charge in [-0.25, -0.2) is 13.2 Å². The molecule has 0 aliphatic carbocycles. The summed E-state index contributed by atoms with van der Waals surface area (Å²) in [6.07, 6.45) is 0.353. The van der Waals surface area contributed by atoms with Crippen molar-refractivity contribution in [2.45, 2.75) is 37.3 Å². The van der Waals surface area contributed by atoms with Gasteiger partial charge in [0, 0.05) is 13.7 Å². The summed E-state index contributed by atoms with van der Waals surface area (Å²) in [6.45, 7) is 3.76. The van der Waals surface area contributed by atoms with Crippen LogP contribution in [-0.4, -0.2) is 59.8 Å². The van der Waals surface area contributed by atoms with E-state index in [0.29, 0.717) is 13.0 Å². The van der Waals surface area contributed by atoms with Crippen molar-refractivity contribution < 1.29 is 23.1 Å². The monoisotopic (exact) mass is 303 g/mol. The third-order valence-electron chi connectivity index (χ3n) is 3.53. The minimum Gasteiger partial charge on any atom is -0.476 e. The highest BCUT2D eigenvalue weighted by molar-refractivity contribution is 7.89. The number of carboxylic acid groups (broad SMARTS) is 1. The average Bonchev–Trinajstić information content (AvgIpc) is 2.94. The number of rotatable bonds is 4. The van der Waals surface area contributed by atoms with Crippen LogP contribution in [0.5, 0.6) is 0 Å². The molecule has 0 radical (unpaired) electrons. The molecule has 0 amide bonds. The topological polar surface area (TPSA) is 113 Å². The lowest BCUT2D eigenvalue weighted by molar-refractivity contribution is 0.0686. The molecule has 1 saturated heterocycles. The first-order chi connectivity index (χ1) is 9.26. The highest BCUT2D eigenvalue weighted by Crippen LogP contribution is 2.27. The van der Waals surface area contributed by atoms with Crippen LogP contribution in [0.3, 0.4) is 0 Å². The Kier molecular flexibility index (Phi) is 3.85. The van der Waals surface area contributed by atoms with Crippen LogP contribution in [0, 0.1) is 6.92 Å². The van der Waals surface area contributed by atoms with Gasteiger partial charge in [-0.15, -0.1) is 0 Å². The van der Waals surface area contributed by atoms with Gasteiger partial charge in [0.2, 0.25) is 10.0 Å².